The van der Waals surface area contributed by atoms with Crippen LogP contribution in [0.1, 0.15) is 22.4 Å². The monoisotopic (exact) mass is 501 g/mol. The van der Waals surface area contributed by atoms with Crippen LogP contribution in [0.3, 0.4) is 0 Å². The van der Waals surface area contributed by atoms with Gasteiger partial charge in [-0.15, -0.1) is 11.3 Å². The number of ether oxygens (including phenoxy) is 1. The average Bonchev–Trinajstić information content (AvgIpc) is 3.38. The summed E-state index contributed by atoms with van der Waals surface area (Å²) in [6.45, 7) is -0.512. The zero-order valence-corrected chi connectivity index (χ0v) is 20.1. The number of aromatic nitrogens is 1. The number of carbonyl (C=O) groups is 2. The number of hydrogen-bond acceptors (Lipinski definition) is 8. The molecule has 1 aromatic heterocycles. The van der Waals surface area contributed by atoms with Crippen LogP contribution in [0.5, 0.6) is 0 Å². The molecular formula is C27H23N3O5S. The number of benzene rings is 3. The summed E-state index contributed by atoms with van der Waals surface area (Å²) in [5.41, 5.74) is 1.80. The van der Waals surface area contributed by atoms with Gasteiger partial charge in [-0.1, -0.05) is 96.2 Å². The highest BCUT2D eigenvalue weighted by Crippen LogP contribution is 2.40. The van der Waals surface area contributed by atoms with Crippen molar-refractivity contribution in [1.82, 2.24) is 4.98 Å². The van der Waals surface area contributed by atoms with Crippen LogP contribution in [0.15, 0.2) is 102 Å². The summed E-state index contributed by atoms with van der Waals surface area (Å²) in [6, 6.07) is 29.9. The van der Waals surface area contributed by atoms with E-state index in [2.05, 4.69) is 20.2 Å². The van der Waals surface area contributed by atoms with Gasteiger partial charge in [-0.3, -0.25) is 0 Å². The van der Waals surface area contributed by atoms with Crippen molar-refractivity contribution in [2.45, 2.75) is 5.54 Å². The van der Waals surface area contributed by atoms with E-state index in [1.165, 1.54) is 18.4 Å². The number of methoxy groups -OCH3 is 1. The highest BCUT2D eigenvalue weighted by atomic mass is 32.1. The summed E-state index contributed by atoms with van der Waals surface area (Å²) >= 11 is 1.24. The predicted molar refractivity (Wildman–Crippen MR) is 137 cm³/mol. The fraction of sp³-hybridized carbons (Fsp3) is 0.111. The lowest BCUT2D eigenvalue weighted by atomic mass is 9.77. The second-order valence-electron chi connectivity index (χ2n) is 7.61. The minimum absolute atomic E-state index is 0.1000. The lowest BCUT2D eigenvalue weighted by Gasteiger charge is -2.36. The topological polar surface area (TPSA) is 110 Å². The lowest BCUT2D eigenvalue weighted by molar-refractivity contribution is -0.146. The Morgan fingerprint density at radius 2 is 1.42 bits per heavy atom. The van der Waals surface area contributed by atoms with Crippen LogP contribution in [-0.2, 0) is 24.7 Å². The highest BCUT2D eigenvalue weighted by Gasteiger charge is 2.37. The maximum atomic E-state index is 11.8. The van der Waals surface area contributed by atoms with E-state index in [9.17, 15) is 14.7 Å². The number of hydrogen-bond donors (Lipinski definition) is 2. The molecule has 0 bridgehead atoms. The predicted octanol–water partition coefficient (Wildman–Crippen LogP) is 4.53. The van der Waals surface area contributed by atoms with E-state index < -0.39 is 29.8 Å². The number of carboxylic acid groups (broad SMARTS) is 1. The van der Waals surface area contributed by atoms with Crippen LogP contribution in [0.4, 0.5) is 5.13 Å². The van der Waals surface area contributed by atoms with Gasteiger partial charge >= 0.3 is 11.9 Å². The number of rotatable bonds is 10. The van der Waals surface area contributed by atoms with Gasteiger partial charge in [-0.2, -0.15) is 0 Å². The molecule has 4 aromatic rings. The van der Waals surface area contributed by atoms with Crippen LogP contribution in [-0.4, -0.2) is 41.5 Å². The van der Waals surface area contributed by atoms with Crippen LogP contribution in [0.2, 0.25) is 0 Å². The second-order valence-corrected chi connectivity index (χ2v) is 8.46. The molecule has 0 atom stereocenters. The van der Waals surface area contributed by atoms with Crippen molar-refractivity contribution in [2.24, 2.45) is 5.16 Å². The zero-order chi connectivity index (χ0) is 25.4. The molecule has 4 rings (SSSR count). The van der Waals surface area contributed by atoms with E-state index in [-0.39, 0.29) is 5.69 Å². The van der Waals surface area contributed by atoms with Crippen molar-refractivity contribution in [2.75, 3.05) is 19.0 Å². The second kappa shape index (κ2) is 11.3. The maximum Gasteiger partial charge on any atom is 0.360 e. The van der Waals surface area contributed by atoms with Crippen LogP contribution in [0, 0.1) is 0 Å². The number of anilines is 1. The molecule has 0 amide bonds. The number of esters is 1. The number of oxime groups is 1. The Labute approximate surface area is 211 Å². The van der Waals surface area contributed by atoms with E-state index in [0.717, 1.165) is 16.7 Å². The Morgan fingerprint density at radius 3 is 1.86 bits per heavy atom. The SMILES string of the molecule is COC(=O)CO/N=C(/C(=O)O)c1csc(NC(c2ccccc2)(c2ccccc2)c2ccccc2)n1. The quantitative estimate of drug-likeness (QED) is 0.142. The normalized spacial score (nSPS) is 11.5. The number of nitrogens with one attached hydrogen (secondary N) is 1. The van der Waals surface area contributed by atoms with Crippen molar-refractivity contribution in [1.29, 1.82) is 0 Å². The molecule has 0 saturated heterocycles. The molecule has 8 nitrogen and oxygen atoms in total. The van der Waals surface area contributed by atoms with Gasteiger partial charge in [-0.05, 0) is 16.7 Å². The summed E-state index contributed by atoms with van der Waals surface area (Å²) in [5.74, 6) is -2.01. The molecule has 0 aliphatic heterocycles. The van der Waals surface area contributed by atoms with E-state index in [4.69, 9.17) is 4.84 Å². The third-order valence-corrected chi connectivity index (χ3v) is 6.19. The lowest BCUT2D eigenvalue weighted by Crippen LogP contribution is -2.38. The van der Waals surface area contributed by atoms with Gasteiger partial charge in [0, 0.05) is 5.38 Å². The molecule has 0 radical (unpaired) electrons. The van der Waals surface area contributed by atoms with E-state index in [1.54, 1.807) is 5.38 Å². The average molecular weight is 502 g/mol. The summed E-state index contributed by atoms with van der Waals surface area (Å²) in [5, 5.41) is 18.9. The number of aliphatic carboxylic acids is 1. The number of thiazole rings is 1. The molecule has 0 aliphatic rings. The van der Waals surface area contributed by atoms with Gasteiger partial charge in [-0.25, -0.2) is 14.6 Å². The van der Waals surface area contributed by atoms with Crippen molar-refractivity contribution in [3.63, 3.8) is 0 Å². The van der Waals surface area contributed by atoms with Gasteiger partial charge in [0.2, 0.25) is 12.3 Å². The first-order valence-electron chi connectivity index (χ1n) is 11.0. The van der Waals surface area contributed by atoms with Crippen molar-refractivity contribution in [3.8, 4) is 0 Å². The van der Waals surface area contributed by atoms with Gasteiger partial charge in [0.15, 0.2) is 5.13 Å². The zero-order valence-electron chi connectivity index (χ0n) is 19.3. The third kappa shape index (κ3) is 5.26. The van der Waals surface area contributed by atoms with Crippen LogP contribution < -0.4 is 5.32 Å². The molecule has 0 saturated carbocycles. The number of carboxylic acids is 1. The highest BCUT2D eigenvalue weighted by molar-refractivity contribution is 7.14. The van der Waals surface area contributed by atoms with Crippen LogP contribution >= 0.6 is 11.3 Å². The first-order chi connectivity index (χ1) is 17.5. The summed E-state index contributed by atoms with van der Waals surface area (Å²) < 4.78 is 4.48. The molecular weight excluding hydrogens is 478 g/mol. The molecule has 0 aliphatic carbocycles. The summed E-state index contributed by atoms with van der Waals surface area (Å²) in [4.78, 5) is 32.5. The van der Waals surface area contributed by atoms with Gasteiger partial charge in [0.25, 0.3) is 0 Å². The summed E-state index contributed by atoms with van der Waals surface area (Å²) in [6.07, 6.45) is 0. The van der Waals surface area contributed by atoms with E-state index >= 15 is 0 Å². The molecule has 1 heterocycles. The smallest absolute Gasteiger partial charge is 0.360 e. The minimum Gasteiger partial charge on any atom is -0.476 e. The first kappa shape index (κ1) is 24.6. The van der Waals surface area contributed by atoms with E-state index in [0.29, 0.717) is 5.13 Å². The maximum absolute atomic E-state index is 11.8. The molecule has 9 heteroatoms. The number of nitrogens with zero attached hydrogens (tertiary/aromatic N) is 2. The largest absolute Gasteiger partial charge is 0.476 e. The molecule has 3 aromatic carbocycles. The van der Waals surface area contributed by atoms with Crippen molar-refractivity contribution >= 4 is 34.1 Å². The molecule has 0 unspecified atom stereocenters. The minimum atomic E-state index is -1.34. The molecule has 0 fully saturated rings. The Hall–Kier alpha value is -4.50. The third-order valence-electron chi connectivity index (χ3n) is 5.43. The van der Waals surface area contributed by atoms with Gasteiger partial charge < -0.3 is 20.0 Å². The number of carbonyl (C=O) groups excluding carboxylic acids is 1. The Kier molecular flexibility index (Phi) is 7.72. The van der Waals surface area contributed by atoms with E-state index in [1.807, 2.05) is 91.0 Å². The fourth-order valence-corrected chi connectivity index (χ4v) is 4.54. The van der Waals surface area contributed by atoms with Gasteiger partial charge in [0.1, 0.15) is 11.2 Å². The Morgan fingerprint density at radius 1 is 0.917 bits per heavy atom. The molecule has 36 heavy (non-hydrogen) atoms. The standard InChI is InChI=1S/C27H23N3O5S/c1-34-23(31)17-35-30-24(25(32)33)22-18-36-26(28-22)29-27(19-11-5-2-6-12-19,20-13-7-3-8-14-20)21-15-9-4-10-16-21/h2-16,18H,17H2,1H3,(H,28,29)(H,32,33)/b30-24+. The van der Waals surface area contributed by atoms with Crippen LogP contribution in [0.25, 0.3) is 0 Å². The first-order valence-corrected chi connectivity index (χ1v) is 11.8. The van der Waals surface area contributed by atoms with Gasteiger partial charge in [0.05, 0.1) is 7.11 Å². The fourth-order valence-electron chi connectivity index (χ4n) is 3.79. The Bertz CT molecular complexity index is 1240. The molecule has 2 N–H and O–H groups in total. The van der Waals surface area contributed by atoms with Crippen molar-refractivity contribution < 1.29 is 24.3 Å². The molecule has 182 valence electrons. The molecule has 0 spiro atoms. The summed E-state index contributed by atoms with van der Waals surface area (Å²) in [7, 11) is 1.20. The van der Waals surface area contributed by atoms with Crippen molar-refractivity contribution in [3.05, 3.63) is 119 Å². The Balaban J connectivity index is 1.79.